The summed E-state index contributed by atoms with van der Waals surface area (Å²) >= 11 is 0. The number of nitrogens with zero attached hydrogens (tertiary/aromatic N) is 1. The molecular weight excluding hydrogens is 370 g/mol. The van der Waals surface area contributed by atoms with Crippen molar-refractivity contribution in [3.8, 4) is 5.75 Å². The second-order valence-electron chi connectivity index (χ2n) is 6.56. The lowest BCUT2D eigenvalue weighted by Gasteiger charge is -2.10. The van der Waals surface area contributed by atoms with Crippen LogP contribution in [-0.4, -0.2) is 17.0 Å². The molecule has 0 radical (unpaired) electrons. The largest absolute Gasteiger partial charge is 0.489 e. The van der Waals surface area contributed by atoms with E-state index in [1.807, 2.05) is 13.8 Å². The SMILES string of the molecule is CCC(=O)Nc1cccc(NC(=O)c2cccc(OCc3c(C)noc3C)c2)c1. The fourth-order valence-electron chi connectivity index (χ4n) is 2.72. The molecule has 1 aromatic heterocycles. The van der Waals surface area contributed by atoms with E-state index < -0.39 is 0 Å². The Morgan fingerprint density at radius 1 is 1.03 bits per heavy atom. The van der Waals surface area contributed by atoms with Gasteiger partial charge < -0.3 is 19.9 Å². The summed E-state index contributed by atoms with van der Waals surface area (Å²) in [6.07, 6.45) is 0.386. The van der Waals surface area contributed by atoms with Gasteiger partial charge in [-0.25, -0.2) is 0 Å². The van der Waals surface area contributed by atoms with Crippen LogP contribution in [0.4, 0.5) is 11.4 Å². The number of ether oxygens (including phenoxy) is 1. The number of carbonyl (C=O) groups excluding carboxylic acids is 2. The molecule has 2 amide bonds. The molecule has 0 saturated carbocycles. The fourth-order valence-corrected chi connectivity index (χ4v) is 2.72. The zero-order valence-electron chi connectivity index (χ0n) is 16.6. The number of rotatable bonds is 7. The quantitative estimate of drug-likeness (QED) is 0.618. The van der Waals surface area contributed by atoms with Crippen LogP contribution in [0.25, 0.3) is 0 Å². The fraction of sp³-hybridized carbons (Fsp3) is 0.227. The highest BCUT2D eigenvalue weighted by atomic mass is 16.5. The van der Waals surface area contributed by atoms with E-state index in [1.165, 1.54) is 0 Å². The van der Waals surface area contributed by atoms with E-state index in [4.69, 9.17) is 9.26 Å². The van der Waals surface area contributed by atoms with Crippen LogP contribution >= 0.6 is 0 Å². The molecule has 2 aromatic carbocycles. The molecule has 0 fully saturated rings. The number of carbonyl (C=O) groups is 2. The molecule has 0 unspecified atom stereocenters. The van der Waals surface area contributed by atoms with Crippen molar-refractivity contribution in [3.05, 3.63) is 71.1 Å². The lowest BCUT2D eigenvalue weighted by Crippen LogP contribution is -2.13. The summed E-state index contributed by atoms with van der Waals surface area (Å²) in [5.41, 5.74) is 3.36. The molecule has 0 aliphatic rings. The van der Waals surface area contributed by atoms with Gasteiger partial charge in [-0.1, -0.05) is 24.2 Å². The number of aryl methyl sites for hydroxylation is 2. The molecule has 0 aliphatic carbocycles. The molecular formula is C22H23N3O4. The molecule has 0 bridgehead atoms. The normalized spacial score (nSPS) is 10.4. The van der Waals surface area contributed by atoms with Crippen molar-refractivity contribution in [1.82, 2.24) is 5.16 Å². The summed E-state index contributed by atoms with van der Waals surface area (Å²) in [6, 6.07) is 13.9. The number of benzene rings is 2. The molecule has 7 heteroatoms. The van der Waals surface area contributed by atoms with Crippen molar-refractivity contribution in [2.45, 2.75) is 33.8 Å². The minimum absolute atomic E-state index is 0.0865. The first kappa shape index (κ1) is 20.1. The third kappa shape index (κ3) is 5.22. The monoisotopic (exact) mass is 393 g/mol. The maximum atomic E-state index is 12.6. The summed E-state index contributed by atoms with van der Waals surface area (Å²) < 4.78 is 10.9. The smallest absolute Gasteiger partial charge is 0.255 e. The summed E-state index contributed by atoms with van der Waals surface area (Å²) in [7, 11) is 0. The topological polar surface area (TPSA) is 93.5 Å². The molecule has 0 saturated heterocycles. The van der Waals surface area contributed by atoms with Gasteiger partial charge in [0.15, 0.2) is 0 Å². The highest BCUT2D eigenvalue weighted by molar-refractivity contribution is 6.05. The molecule has 150 valence electrons. The number of hydrogen-bond donors (Lipinski definition) is 2. The third-order valence-electron chi connectivity index (χ3n) is 4.39. The van der Waals surface area contributed by atoms with Gasteiger partial charge in [-0.05, 0) is 50.2 Å². The number of amides is 2. The number of nitrogens with one attached hydrogen (secondary N) is 2. The zero-order valence-corrected chi connectivity index (χ0v) is 16.6. The Hall–Kier alpha value is -3.61. The van der Waals surface area contributed by atoms with Gasteiger partial charge in [-0.15, -0.1) is 0 Å². The van der Waals surface area contributed by atoms with Gasteiger partial charge in [-0.3, -0.25) is 9.59 Å². The summed E-state index contributed by atoms with van der Waals surface area (Å²) in [5.74, 6) is 0.927. The van der Waals surface area contributed by atoms with Crippen LogP contribution in [0.3, 0.4) is 0 Å². The summed E-state index contributed by atoms with van der Waals surface area (Å²) in [6.45, 7) is 5.78. The minimum Gasteiger partial charge on any atom is -0.489 e. The maximum Gasteiger partial charge on any atom is 0.255 e. The van der Waals surface area contributed by atoms with E-state index in [0.29, 0.717) is 41.5 Å². The van der Waals surface area contributed by atoms with Gasteiger partial charge in [0, 0.05) is 23.4 Å². The van der Waals surface area contributed by atoms with Crippen molar-refractivity contribution < 1.29 is 18.8 Å². The first-order chi connectivity index (χ1) is 14.0. The highest BCUT2D eigenvalue weighted by Crippen LogP contribution is 2.20. The number of anilines is 2. The number of aromatic nitrogens is 1. The standard InChI is InChI=1S/C22H23N3O4/c1-4-21(26)23-17-8-6-9-18(12-17)24-22(27)16-7-5-10-19(11-16)28-13-20-14(2)25-29-15(20)3/h5-12H,4,13H2,1-3H3,(H,23,26)(H,24,27). The molecule has 0 aliphatic heterocycles. The Kier molecular flexibility index (Phi) is 6.29. The van der Waals surface area contributed by atoms with Gasteiger partial charge >= 0.3 is 0 Å². The lowest BCUT2D eigenvalue weighted by molar-refractivity contribution is -0.115. The Bertz CT molecular complexity index is 1010. The van der Waals surface area contributed by atoms with Gasteiger partial charge in [0.05, 0.1) is 11.3 Å². The third-order valence-corrected chi connectivity index (χ3v) is 4.39. The van der Waals surface area contributed by atoms with E-state index in [-0.39, 0.29) is 11.8 Å². The van der Waals surface area contributed by atoms with E-state index in [2.05, 4.69) is 15.8 Å². The molecule has 7 nitrogen and oxygen atoms in total. The average Bonchev–Trinajstić information content (AvgIpc) is 3.04. The molecule has 1 heterocycles. The Morgan fingerprint density at radius 3 is 2.45 bits per heavy atom. The van der Waals surface area contributed by atoms with Crippen LogP contribution in [0, 0.1) is 13.8 Å². The van der Waals surface area contributed by atoms with E-state index in [9.17, 15) is 9.59 Å². The molecule has 3 rings (SSSR count). The first-order valence-corrected chi connectivity index (χ1v) is 9.32. The van der Waals surface area contributed by atoms with Crippen LogP contribution in [0.15, 0.2) is 53.1 Å². The van der Waals surface area contributed by atoms with E-state index >= 15 is 0 Å². The molecule has 0 atom stereocenters. The second-order valence-corrected chi connectivity index (χ2v) is 6.56. The molecule has 2 N–H and O–H groups in total. The van der Waals surface area contributed by atoms with Crippen LogP contribution in [0.2, 0.25) is 0 Å². The summed E-state index contributed by atoms with van der Waals surface area (Å²) in [4.78, 5) is 24.2. The van der Waals surface area contributed by atoms with Crippen LogP contribution in [-0.2, 0) is 11.4 Å². The van der Waals surface area contributed by atoms with E-state index in [1.54, 1.807) is 55.5 Å². The van der Waals surface area contributed by atoms with Crippen LogP contribution in [0.5, 0.6) is 5.75 Å². The van der Waals surface area contributed by atoms with E-state index in [0.717, 1.165) is 11.3 Å². The predicted molar refractivity (Wildman–Crippen MR) is 110 cm³/mol. The van der Waals surface area contributed by atoms with Crippen LogP contribution in [0.1, 0.15) is 40.7 Å². The Morgan fingerprint density at radius 2 is 1.76 bits per heavy atom. The molecule has 29 heavy (non-hydrogen) atoms. The summed E-state index contributed by atoms with van der Waals surface area (Å²) in [5, 5.41) is 9.51. The zero-order chi connectivity index (χ0) is 20.8. The van der Waals surface area contributed by atoms with Gasteiger partial charge in [0.1, 0.15) is 18.1 Å². The minimum atomic E-state index is -0.272. The van der Waals surface area contributed by atoms with Crippen molar-refractivity contribution in [2.24, 2.45) is 0 Å². The van der Waals surface area contributed by atoms with Gasteiger partial charge in [-0.2, -0.15) is 0 Å². The van der Waals surface area contributed by atoms with Crippen LogP contribution < -0.4 is 15.4 Å². The average molecular weight is 393 g/mol. The van der Waals surface area contributed by atoms with Gasteiger partial charge in [0.2, 0.25) is 5.91 Å². The Labute approximate surface area is 169 Å². The number of hydrogen-bond acceptors (Lipinski definition) is 5. The van der Waals surface area contributed by atoms with Crippen molar-refractivity contribution in [3.63, 3.8) is 0 Å². The lowest BCUT2D eigenvalue weighted by atomic mass is 10.2. The van der Waals surface area contributed by atoms with Crippen molar-refractivity contribution in [1.29, 1.82) is 0 Å². The van der Waals surface area contributed by atoms with Gasteiger partial charge in [0.25, 0.3) is 5.91 Å². The maximum absolute atomic E-state index is 12.6. The highest BCUT2D eigenvalue weighted by Gasteiger charge is 2.11. The molecule has 0 spiro atoms. The Balaban J connectivity index is 1.66. The van der Waals surface area contributed by atoms with Crippen molar-refractivity contribution in [2.75, 3.05) is 10.6 Å². The predicted octanol–water partition coefficient (Wildman–Crippen LogP) is 4.47. The van der Waals surface area contributed by atoms with Crippen molar-refractivity contribution >= 4 is 23.2 Å². The molecule has 3 aromatic rings. The first-order valence-electron chi connectivity index (χ1n) is 9.32. The second kappa shape index (κ2) is 9.05.